The molecule has 0 bridgehead atoms. The predicted molar refractivity (Wildman–Crippen MR) is 79.3 cm³/mol. The lowest BCUT2D eigenvalue weighted by Crippen LogP contribution is -2.38. The number of methoxy groups -OCH3 is 1. The van der Waals surface area contributed by atoms with Crippen molar-refractivity contribution in [3.63, 3.8) is 0 Å². The van der Waals surface area contributed by atoms with Gasteiger partial charge in [0, 0.05) is 13.1 Å². The predicted octanol–water partition coefficient (Wildman–Crippen LogP) is 1.93. The summed E-state index contributed by atoms with van der Waals surface area (Å²) in [5, 5.41) is 6.45. The van der Waals surface area contributed by atoms with Crippen molar-refractivity contribution in [3.05, 3.63) is 0 Å². The molecule has 0 aromatic rings. The molecule has 0 aliphatic rings. The number of hydrogen-bond donors (Lipinski definition) is 2. The van der Waals surface area contributed by atoms with Crippen LogP contribution in [0.1, 0.15) is 46.5 Å². The molecule has 0 saturated carbocycles. The van der Waals surface area contributed by atoms with Gasteiger partial charge in [-0.3, -0.25) is 9.79 Å². The lowest BCUT2D eigenvalue weighted by Gasteiger charge is -2.12. The van der Waals surface area contributed by atoms with Crippen molar-refractivity contribution >= 4 is 11.9 Å². The quantitative estimate of drug-likeness (QED) is 0.291. The van der Waals surface area contributed by atoms with E-state index in [9.17, 15) is 4.79 Å². The van der Waals surface area contributed by atoms with Crippen LogP contribution in [0.15, 0.2) is 4.99 Å². The Morgan fingerprint density at radius 3 is 2.53 bits per heavy atom. The second-order valence-corrected chi connectivity index (χ2v) is 4.63. The third-order valence-corrected chi connectivity index (χ3v) is 2.79. The summed E-state index contributed by atoms with van der Waals surface area (Å²) in [4.78, 5) is 15.7. The highest BCUT2D eigenvalue weighted by atomic mass is 16.5. The highest BCUT2D eigenvalue weighted by molar-refractivity contribution is 5.80. The van der Waals surface area contributed by atoms with Crippen molar-refractivity contribution in [2.24, 2.45) is 10.9 Å². The van der Waals surface area contributed by atoms with Crippen LogP contribution >= 0.6 is 0 Å². The van der Waals surface area contributed by atoms with Crippen LogP contribution in [0, 0.1) is 5.92 Å². The highest BCUT2D eigenvalue weighted by Crippen LogP contribution is 1.99. The van der Waals surface area contributed by atoms with Gasteiger partial charge in [-0.2, -0.15) is 0 Å². The molecule has 0 radical (unpaired) electrons. The molecule has 0 aromatic carbocycles. The lowest BCUT2D eigenvalue weighted by atomic mass is 10.2. The van der Waals surface area contributed by atoms with E-state index in [4.69, 9.17) is 0 Å². The smallest absolute Gasteiger partial charge is 0.310 e. The molecule has 1 atom stereocenters. The molecule has 19 heavy (non-hydrogen) atoms. The summed E-state index contributed by atoms with van der Waals surface area (Å²) in [6, 6.07) is 0. The SMILES string of the molecule is CCCCCCNC(=NCC(C)C(=O)OC)NCC. The van der Waals surface area contributed by atoms with E-state index in [1.54, 1.807) is 0 Å². The fraction of sp³-hybridized carbons (Fsp3) is 0.857. The zero-order valence-corrected chi connectivity index (χ0v) is 12.8. The molecule has 0 spiro atoms. The van der Waals surface area contributed by atoms with Gasteiger partial charge in [-0.25, -0.2) is 0 Å². The molecule has 0 aliphatic heterocycles. The number of carbonyl (C=O) groups excluding carboxylic acids is 1. The number of nitrogens with zero attached hydrogens (tertiary/aromatic N) is 1. The van der Waals surface area contributed by atoms with Gasteiger partial charge in [-0.15, -0.1) is 0 Å². The minimum absolute atomic E-state index is 0.208. The molecule has 0 saturated heterocycles. The zero-order valence-electron chi connectivity index (χ0n) is 12.8. The van der Waals surface area contributed by atoms with E-state index in [0.29, 0.717) is 6.54 Å². The van der Waals surface area contributed by atoms with Gasteiger partial charge in [-0.05, 0) is 13.3 Å². The number of nitrogens with one attached hydrogen (secondary N) is 2. The Morgan fingerprint density at radius 1 is 1.21 bits per heavy atom. The molecular weight excluding hydrogens is 242 g/mol. The minimum atomic E-state index is -0.220. The largest absolute Gasteiger partial charge is 0.469 e. The van der Waals surface area contributed by atoms with Crippen LogP contribution in [-0.4, -0.2) is 38.7 Å². The van der Waals surface area contributed by atoms with Gasteiger partial charge in [-0.1, -0.05) is 33.1 Å². The van der Waals surface area contributed by atoms with E-state index in [-0.39, 0.29) is 11.9 Å². The minimum Gasteiger partial charge on any atom is -0.469 e. The van der Waals surface area contributed by atoms with Crippen molar-refractivity contribution in [1.82, 2.24) is 10.6 Å². The van der Waals surface area contributed by atoms with Crippen molar-refractivity contribution < 1.29 is 9.53 Å². The molecule has 112 valence electrons. The van der Waals surface area contributed by atoms with Crippen molar-refractivity contribution in [2.75, 3.05) is 26.7 Å². The van der Waals surface area contributed by atoms with Crippen molar-refractivity contribution in [2.45, 2.75) is 46.5 Å². The number of hydrogen-bond acceptors (Lipinski definition) is 3. The Labute approximate surface area is 117 Å². The van der Waals surface area contributed by atoms with Gasteiger partial charge in [0.25, 0.3) is 0 Å². The topological polar surface area (TPSA) is 62.7 Å². The number of ether oxygens (including phenoxy) is 1. The highest BCUT2D eigenvalue weighted by Gasteiger charge is 2.12. The first-order chi connectivity index (χ1) is 9.15. The number of aliphatic imine (C=N–C) groups is 1. The third kappa shape index (κ3) is 9.33. The molecule has 0 fully saturated rings. The maximum atomic E-state index is 11.3. The Morgan fingerprint density at radius 2 is 1.95 bits per heavy atom. The summed E-state index contributed by atoms with van der Waals surface area (Å²) >= 11 is 0. The molecule has 0 rings (SSSR count). The molecular formula is C14H29N3O2. The zero-order chi connectivity index (χ0) is 14.5. The van der Waals surface area contributed by atoms with Gasteiger partial charge in [0.15, 0.2) is 5.96 Å². The molecule has 5 heteroatoms. The van der Waals surface area contributed by atoms with E-state index in [1.807, 2.05) is 13.8 Å². The van der Waals surface area contributed by atoms with Gasteiger partial charge >= 0.3 is 5.97 Å². The summed E-state index contributed by atoms with van der Waals surface area (Å²) in [5.74, 6) is 0.345. The molecule has 0 aliphatic carbocycles. The first-order valence-electron chi connectivity index (χ1n) is 7.25. The summed E-state index contributed by atoms with van der Waals surface area (Å²) in [7, 11) is 1.40. The van der Waals surface area contributed by atoms with Crippen LogP contribution in [0.5, 0.6) is 0 Å². The number of guanidine groups is 1. The number of rotatable bonds is 9. The third-order valence-electron chi connectivity index (χ3n) is 2.79. The van der Waals surface area contributed by atoms with Crippen LogP contribution in [0.4, 0.5) is 0 Å². The average Bonchev–Trinajstić information content (AvgIpc) is 2.43. The molecule has 1 unspecified atom stereocenters. The summed E-state index contributed by atoms with van der Waals surface area (Å²) in [6.07, 6.45) is 4.89. The number of esters is 1. The fourth-order valence-corrected chi connectivity index (χ4v) is 1.60. The second-order valence-electron chi connectivity index (χ2n) is 4.63. The van der Waals surface area contributed by atoms with Crippen LogP contribution in [0.25, 0.3) is 0 Å². The van der Waals surface area contributed by atoms with Crippen LogP contribution in [0.2, 0.25) is 0 Å². The Kier molecular flexibility index (Phi) is 11.0. The van der Waals surface area contributed by atoms with E-state index >= 15 is 0 Å². The molecule has 0 amide bonds. The maximum absolute atomic E-state index is 11.3. The Hall–Kier alpha value is -1.26. The van der Waals surface area contributed by atoms with Crippen LogP contribution in [0.3, 0.4) is 0 Å². The lowest BCUT2D eigenvalue weighted by molar-refractivity contribution is -0.144. The van der Waals surface area contributed by atoms with Crippen LogP contribution in [-0.2, 0) is 9.53 Å². The first kappa shape index (κ1) is 17.7. The van der Waals surface area contributed by atoms with Crippen molar-refractivity contribution in [3.8, 4) is 0 Å². The van der Waals surface area contributed by atoms with Crippen LogP contribution < -0.4 is 10.6 Å². The second kappa shape index (κ2) is 11.8. The van der Waals surface area contributed by atoms with Gasteiger partial charge in [0.1, 0.15) is 0 Å². The summed E-state index contributed by atoms with van der Waals surface area (Å²) < 4.78 is 4.68. The van der Waals surface area contributed by atoms with E-state index in [2.05, 4.69) is 27.3 Å². The molecule has 2 N–H and O–H groups in total. The number of carbonyl (C=O) groups is 1. The Balaban J connectivity index is 4.04. The Bertz CT molecular complexity index is 267. The summed E-state index contributed by atoms with van der Waals surface area (Å²) in [5.41, 5.74) is 0. The van der Waals surface area contributed by atoms with E-state index < -0.39 is 0 Å². The normalized spacial score (nSPS) is 12.9. The standard InChI is InChI=1S/C14H29N3O2/c1-5-7-8-9-10-16-14(15-6-2)17-11-12(3)13(18)19-4/h12H,5-11H2,1-4H3,(H2,15,16,17). The molecule has 5 nitrogen and oxygen atoms in total. The molecule has 0 heterocycles. The first-order valence-corrected chi connectivity index (χ1v) is 7.25. The fourth-order valence-electron chi connectivity index (χ4n) is 1.60. The average molecular weight is 271 g/mol. The number of unbranched alkanes of at least 4 members (excludes halogenated alkanes) is 3. The van der Waals surface area contributed by atoms with Gasteiger partial charge in [0.2, 0.25) is 0 Å². The van der Waals surface area contributed by atoms with Gasteiger partial charge < -0.3 is 15.4 Å². The monoisotopic (exact) mass is 271 g/mol. The summed E-state index contributed by atoms with van der Waals surface area (Å²) in [6.45, 7) is 8.22. The molecule has 0 aromatic heterocycles. The van der Waals surface area contributed by atoms with E-state index in [1.165, 1.54) is 26.4 Å². The van der Waals surface area contributed by atoms with Crippen molar-refractivity contribution in [1.29, 1.82) is 0 Å². The maximum Gasteiger partial charge on any atom is 0.310 e. The van der Waals surface area contributed by atoms with E-state index in [0.717, 1.165) is 25.5 Å². The van der Waals surface area contributed by atoms with Gasteiger partial charge in [0.05, 0.1) is 19.6 Å².